The minimum absolute atomic E-state index is 0. The molecular formula is C17H37IN4O3. The Kier molecular flexibility index (Phi) is 19.1. The van der Waals surface area contributed by atoms with Gasteiger partial charge in [-0.25, -0.2) is 4.79 Å². The number of halogens is 1. The molecule has 1 atom stereocenters. The zero-order valence-electron chi connectivity index (χ0n) is 16.4. The monoisotopic (exact) mass is 472 g/mol. The second kappa shape index (κ2) is 18.0. The van der Waals surface area contributed by atoms with Crippen molar-refractivity contribution in [2.24, 2.45) is 10.9 Å². The molecule has 150 valence electrons. The fraction of sp³-hybridized carbons (Fsp3) is 0.882. The lowest BCUT2D eigenvalue weighted by atomic mass is 10.0. The summed E-state index contributed by atoms with van der Waals surface area (Å²) >= 11 is 0. The van der Waals surface area contributed by atoms with Gasteiger partial charge in [0.15, 0.2) is 5.96 Å². The van der Waals surface area contributed by atoms with E-state index in [1.54, 1.807) is 6.92 Å². The molecule has 7 nitrogen and oxygen atoms in total. The first-order valence-corrected chi connectivity index (χ1v) is 9.06. The van der Waals surface area contributed by atoms with E-state index in [0.717, 1.165) is 45.1 Å². The molecular weight excluding hydrogens is 435 g/mol. The number of ether oxygens (including phenoxy) is 2. The third-order valence-electron chi connectivity index (χ3n) is 3.13. The minimum atomic E-state index is -0.381. The van der Waals surface area contributed by atoms with Crippen LogP contribution in [0.1, 0.15) is 47.5 Å². The number of aliphatic imine (C=N–C) groups is 1. The van der Waals surface area contributed by atoms with Crippen molar-refractivity contribution >= 4 is 36.0 Å². The van der Waals surface area contributed by atoms with Crippen molar-refractivity contribution in [3.63, 3.8) is 0 Å². The first-order valence-electron chi connectivity index (χ1n) is 9.06. The van der Waals surface area contributed by atoms with Crippen LogP contribution < -0.4 is 16.0 Å². The van der Waals surface area contributed by atoms with Gasteiger partial charge in [0.1, 0.15) is 0 Å². The highest BCUT2D eigenvalue weighted by molar-refractivity contribution is 14.0. The Morgan fingerprint density at radius 2 is 1.84 bits per heavy atom. The fourth-order valence-electron chi connectivity index (χ4n) is 2.16. The number of hydrogen-bond acceptors (Lipinski definition) is 4. The summed E-state index contributed by atoms with van der Waals surface area (Å²) in [4.78, 5) is 16.2. The number of alkyl carbamates (subject to hydrolysis) is 1. The van der Waals surface area contributed by atoms with Crippen molar-refractivity contribution in [2.75, 3.05) is 39.5 Å². The molecule has 3 N–H and O–H groups in total. The molecule has 0 heterocycles. The summed E-state index contributed by atoms with van der Waals surface area (Å²) in [6.45, 7) is 14.0. The lowest BCUT2D eigenvalue weighted by molar-refractivity contribution is 0.145. The highest BCUT2D eigenvalue weighted by Crippen LogP contribution is 2.05. The molecule has 1 amide bonds. The van der Waals surface area contributed by atoms with E-state index in [0.29, 0.717) is 19.1 Å². The molecule has 0 fully saturated rings. The predicted octanol–water partition coefficient (Wildman–Crippen LogP) is 2.75. The van der Waals surface area contributed by atoms with E-state index in [-0.39, 0.29) is 36.1 Å². The molecule has 0 aliphatic carbocycles. The van der Waals surface area contributed by atoms with Crippen LogP contribution >= 0.6 is 24.0 Å². The van der Waals surface area contributed by atoms with Gasteiger partial charge in [0.2, 0.25) is 0 Å². The number of guanidine groups is 1. The van der Waals surface area contributed by atoms with E-state index in [1.807, 2.05) is 13.8 Å². The molecule has 25 heavy (non-hydrogen) atoms. The molecule has 0 aromatic rings. The SMILES string of the molecule is CCNC(=NCC(CC(C)C)NC(=O)OCC)NCCCOCC.I. The molecule has 0 aliphatic heterocycles. The maximum absolute atomic E-state index is 11.7. The Hall–Kier alpha value is -0.770. The topological polar surface area (TPSA) is 84.0 Å². The third-order valence-corrected chi connectivity index (χ3v) is 3.13. The highest BCUT2D eigenvalue weighted by atomic mass is 127. The van der Waals surface area contributed by atoms with Gasteiger partial charge in [-0.2, -0.15) is 0 Å². The first-order chi connectivity index (χ1) is 11.5. The molecule has 0 bridgehead atoms. The van der Waals surface area contributed by atoms with Crippen LogP contribution in [0.3, 0.4) is 0 Å². The summed E-state index contributed by atoms with van der Waals surface area (Å²) in [5.41, 5.74) is 0. The second-order valence-electron chi connectivity index (χ2n) is 5.89. The van der Waals surface area contributed by atoms with E-state index in [9.17, 15) is 4.79 Å². The molecule has 0 saturated carbocycles. The largest absolute Gasteiger partial charge is 0.450 e. The summed E-state index contributed by atoms with van der Waals surface area (Å²) in [7, 11) is 0. The zero-order valence-corrected chi connectivity index (χ0v) is 18.7. The van der Waals surface area contributed by atoms with Gasteiger partial charge < -0.3 is 25.4 Å². The van der Waals surface area contributed by atoms with Crippen LogP contribution in [0.4, 0.5) is 4.79 Å². The lowest BCUT2D eigenvalue weighted by Crippen LogP contribution is -2.42. The van der Waals surface area contributed by atoms with Crippen LogP contribution in [0.15, 0.2) is 4.99 Å². The summed E-state index contributed by atoms with van der Waals surface area (Å²) in [6.07, 6.45) is 1.40. The standard InChI is InChI=1S/C17H36N4O3.HI/c1-6-18-16(19-10-9-11-23-7-2)20-13-15(12-14(4)5)21-17(22)24-8-3;/h14-15H,6-13H2,1-5H3,(H,21,22)(H2,18,19,20);1H. The number of rotatable bonds is 12. The number of carbonyl (C=O) groups excluding carboxylic acids is 1. The number of nitrogens with one attached hydrogen (secondary N) is 3. The van der Waals surface area contributed by atoms with Gasteiger partial charge in [0, 0.05) is 26.3 Å². The van der Waals surface area contributed by atoms with E-state index < -0.39 is 0 Å². The Morgan fingerprint density at radius 1 is 1.12 bits per heavy atom. The quantitative estimate of drug-likeness (QED) is 0.176. The molecule has 1 unspecified atom stereocenters. The van der Waals surface area contributed by atoms with Crippen molar-refractivity contribution in [2.45, 2.75) is 53.5 Å². The Balaban J connectivity index is 0. The van der Waals surface area contributed by atoms with Gasteiger partial charge in [-0.15, -0.1) is 24.0 Å². The summed E-state index contributed by atoms with van der Waals surface area (Å²) in [5.74, 6) is 1.22. The van der Waals surface area contributed by atoms with Crippen LogP contribution in [0.5, 0.6) is 0 Å². The molecule has 0 aliphatic rings. The minimum Gasteiger partial charge on any atom is -0.450 e. The van der Waals surface area contributed by atoms with Gasteiger partial charge in [0.05, 0.1) is 19.2 Å². The van der Waals surface area contributed by atoms with Crippen LogP contribution in [-0.4, -0.2) is 57.5 Å². The van der Waals surface area contributed by atoms with E-state index >= 15 is 0 Å². The zero-order chi connectivity index (χ0) is 18.2. The Labute approximate surface area is 170 Å². The van der Waals surface area contributed by atoms with E-state index in [1.165, 1.54) is 0 Å². The average Bonchev–Trinajstić information content (AvgIpc) is 2.51. The molecule has 0 radical (unpaired) electrons. The molecule has 0 spiro atoms. The van der Waals surface area contributed by atoms with Crippen molar-refractivity contribution in [1.82, 2.24) is 16.0 Å². The first kappa shape index (κ1) is 26.5. The van der Waals surface area contributed by atoms with Crippen molar-refractivity contribution in [3.05, 3.63) is 0 Å². The summed E-state index contributed by atoms with van der Waals surface area (Å²) in [5, 5.41) is 9.38. The molecule has 0 aromatic carbocycles. The summed E-state index contributed by atoms with van der Waals surface area (Å²) < 4.78 is 10.3. The number of hydrogen-bond donors (Lipinski definition) is 3. The van der Waals surface area contributed by atoms with Gasteiger partial charge in [-0.05, 0) is 39.5 Å². The van der Waals surface area contributed by atoms with Crippen LogP contribution in [0, 0.1) is 5.92 Å². The van der Waals surface area contributed by atoms with Crippen LogP contribution in [0.25, 0.3) is 0 Å². The average molecular weight is 472 g/mol. The molecule has 0 saturated heterocycles. The lowest BCUT2D eigenvalue weighted by Gasteiger charge is -2.19. The van der Waals surface area contributed by atoms with E-state index in [2.05, 4.69) is 34.8 Å². The van der Waals surface area contributed by atoms with Gasteiger partial charge >= 0.3 is 6.09 Å². The third kappa shape index (κ3) is 16.4. The van der Waals surface area contributed by atoms with Gasteiger partial charge in [-0.1, -0.05) is 13.8 Å². The van der Waals surface area contributed by atoms with Crippen LogP contribution in [-0.2, 0) is 9.47 Å². The summed E-state index contributed by atoms with van der Waals surface area (Å²) in [6, 6.07) is -0.0390. The predicted molar refractivity (Wildman–Crippen MR) is 114 cm³/mol. The number of nitrogens with zero attached hydrogens (tertiary/aromatic N) is 1. The van der Waals surface area contributed by atoms with Crippen molar-refractivity contribution in [1.29, 1.82) is 0 Å². The Bertz CT molecular complexity index is 355. The fourth-order valence-corrected chi connectivity index (χ4v) is 2.16. The maximum atomic E-state index is 11.7. The Morgan fingerprint density at radius 3 is 2.40 bits per heavy atom. The number of amides is 1. The molecule has 0 aromatic heterocycles. The van der Waals surface area contributed by atoms with Crippen molar-refractivity contribution in [3.8, 4) is 0 Å². The molecule has 8 heteroatoms. The maximum Gasteiger partial charge on any atom is 0.407 e. The van der Waals surface area contributed by atoms with Crippen LogP contribution in [0.2, 0.25) is 0 Å². The number of carbonyl (C=O) groups is 1. The van der Waals surface area contributed by atoms with E-state index in [4.69, 9.17) is 9.47 Å². The normalized spacial score (nSPS) is 12.3. The van der Waals surface area contributed by atoms with Gasteiger partial charge in [-0.3, -0.25) is 4.99 Å². The van der Waals surface area contributed by atoms with Crippen molar-refractivity contribution < 1.29 is 14.3 Å². The highest BCUT2D eigenvalue weighted by Gasteiger charge is 2.14. The van der Waals surface area contributed by atoms with Gasteiger partial charge in [0.25, 0.3) is 0 Å². The molecule has 0 rings (SSSR count). The second-order valence-corrected chi connectivity index (χ2v) is 5.89. The smallest absolute Gasteiger partial charge is 0.407 e.